The predicted molar refractivity (Wildman–Crippen MR) is 21.2 cm³/mol. The number of oxime groups is 1. The second-order valence-corrected chi connectivity index (χ2v) is 0.525. The summed E-state index contributed by atoms with van der Waals surface area (Å²) in [4.78, 5) is 0. The quantitative estimate of drug-likeness (QED) is 0.137. The van der Waals surface area contributed by atoms with E-state index in [2.05, 4.69) is 16.6 Å². The van der Waals surface area contributed by atoms with Crippen molar-refractivity contribution in [2.24, 2.45) is 16.6 Å². The zero-order valence-electron chi connectivity index (χ0n) is 3.05. The highest BCUT2D eigenvalue weighted by molar-refractivity contribution is 5.74. The number of hydrogen-bond acceptors (Lipinski definition) is 2. The van der Waals surface area contributed by atoms with Gasteiger partial charge in [0.05, 0.1) is 0 Å². The molecule has 5 nitrogen and oxygen atoms in total. The van der Waals surface area contributed by atoms with Crippen LogP contribution < -0.4 is 11.5 Å². The van der Waals surface area contributed by atoms with Gasteiger partial charge in [-0.3, -0.25) is 0 Å². The van der Waals surface area contributed by atoms with Gasteiger partial charge in [0.15, 0.2) is 0 Å². The van der Waals surface area contributed by atoms with Crippen LogP contribution in [0.15, 0.2) is 5.16 Å². The van der Waals surface area contributed by atoms with Crippen molar-refractivity contribution in [1.82, 2.24) is 0 Å². The molecule has 0 bridgehead atoms. The van der Waals surface area contributed by atoms with E-state index < -0.39 is 0 Å². The van der Waals surface area contributed by atoms with Gasteiger partial charge in [-0.15, -0.1) is 0 Å². The van der Waals surface area contributed by atoms with Gasteiger partial charge in [0.2, 0.25) is 5.96 Å². The van der Waals surface area contributed by atoms with E-state index in [1.165, 1.54) is 0 Å². The number of nitrogens with zero attached hydrogens (tertiary/aromatic N) is 1. The molecule has 0 atom stereocenters. The molecule has 0 aliphatic carbocycles. The molecular formula is CH7N3O2. The molecule has 0 heterocycles. The highest BCUT2D eigenvalue weighted by atomic mass is 16.4. The van der Waals surface area contributed by atoms with Crippen molar-refractivity contribution in [3.8, 4) is 0 Å². The fourth-order valence-electron chi connectivity index (χ4n) is 0. The summed E-state index contributed by atoms with van der Waals surface area (Å²) in [6.07, 6.45) is 0. The van der Waals surface area contributed by atoms with Gasteiger partial charge >= 0.3 is 0 Å². The Morgan fingerprint density at radius 2 is 1.67 bits per heavy atom. The molecule has 38 valence electrons. The molecule has 6 heavy (non-hydrogen) atoms. The highest BCUT2D eigenvalue weighted by Gasteiger charge is 1.64. The van der Waals surface area contributed by atoms with Gasteiger partial charge in [0.1, 0.15) is 0 Å². The van der Waals surface area contributed by atoms with Crippen LogP contribution in [0.1, 0.15) is 0 Å². The molecule has 0 radical (unpaired) electrons. The Morgan fingerprint density at radius 3 is 1.67 bits per heavy atom. The SMILES string of the molecule is NC(N)=NO.O. The molecule has 5 heteroatoms. The third-order valence-corrected chi connectivity index (χ3v) is 0.115. The van der Waals surface area contributed by atoms with Crippen LogP contribution in [0.4, 0.5) is 0 Å². The van der Waals surface area contributed by atoms with E-state index >= 15 is 0 Å². The van der Waals surface area contributed by atoms with Crippen LogP contribution in [0.5, 0.6) is 0 Å². The first-order valence-corrected chi connectivity index (χ1v) is 1.00. The molecule has 0 rings (SSSR count). The minimum absolute atomic E-state index is 0. The number of nitrogens with two attached hydrogens (primary N) is 2. The zero-order chi connectivity index (χ0) is 4.28. The normalized spacial score (nSPS) is 5.33. The molecule has 0 fully saturated rings. The van der Waals surface area contributed by atoms with Crippen LogP contribution >= 0.6 is 0 Å². The number of hydrogen-bond donors (Lipinski definition) is 3. The van der Waals surface area contributed by atoms with Crippen molar-refractivity contribution in [2.45, 2.75) is 0 Å². The van der Waals surface area contributed by atoms with Crippen LogP contribution in [0, 0.1) is 0 Å². The summed E-state index contributed by atoms with van der Waals surface area (Å²) < 4.78 is 0. The van der Waals surface area contributed by atoms with Crippen LogP contribution in [0.2, 0.25) is 0 Å². The Kier molecular flexibility index (Phi) is 5.98. The average Bonchev–Trinajstić information content (AvgIpc) is 1.38. The van der Waals surface area contributed by atoms with E-state index in [4.69, 9.17) is 5.21 Å². The minimum Gasteiger partial charge on any atom is -0.412 e. The lowest BCUT2D eigenvalue weighted by atomic mass is 11.1. The Morgan fingerprint density at radius 1 is 1.50 bits per heavy atom. The third kappa shape index (κ3) is 11.8. The molecule has 0 aromatic heterocycles. The van der Waals surface area contributed by atoms with Crippen LogP contribution in [-0.4, -0.2) is 16.6 Å². The second-order valence-electron chi connectivity index (χ2n) is 0.525. The van der Waals surface area contributed by atoms with E-state index in [1.807, 2.05) is 0 Å². The third-order valence-electron chi connectivity index (χ3n) is 0.115. The lowest BCUT2D eigenvalue weighted by Gasteiger charge is -1.75. The molecule has 0 spiro atoms. The largest absolute Gasteiger partial charge is 0.412 e. The summed E-state index contributed by atoms with van der Waals surface area (Å²) >= 11 is 0. The summed E-state index contributed by atoms with van der Waals surface area (Å²) in [7, 11) is 0. The molecule has 0 amide bonds. The molecule has 0 saturated heterocycles. The summed E-state index contributed by atoms with van der Waals surface area (Å²) in [5.41, 5.74) is 9.14. The molecule has 0 aromatic carbocycles. The Balaban J connectivity index is 0. The highest BCUT2D eigenvalue weighted by Crippen LogP contribution is 1.39. The van der Waals surface area contributed by atoms with Crippen molar-refractivity contribution < 1.29 is 10.7 Å². The Hall–Kier alpha value is -0.970. The van der Waals surface area contributed by atoms with Gasteiger partial charge in [-0.05, 0) is 0 Å². The summed E-state index contributed by atoms with van der Waals surface area (Å²) in [6, 6.07) is 0. The topological polar surface area (TPSA) is 116 Å². The summed E-state index contributed by atoms with van der Waals surface area (Å²) in [6.45, 7) is 0. The fraction of sp³-hybridized carbons (Fsp3) is 0. The predicted octanol–water partition coefficient (Wildman–Crippen LogP) is -2.18. The van der Waals surface area contributed by atoms with Crippen molar-refractivity contribution in [2.75, 3.05) is 0 Å². The maximum absolute atomic E-state index is 7.48. The first-order valence-electron chi connectivity index (χ1n) is 1.00. The number of rotatable bonds is 0. The van der Waals surface area contributed by atoms with E-state index in [0.717, 1.165) is 0 Å². The lowest BCUT2D eigenvalue weighted by molar-refractivity contribution is 0.317. The standard InChI is InChI=1S/CH5N3O.H2O/c2-1(3)4-5;/h5H,(H4,2,3,4);1H2. The second kappa shape index (κ2) is 4.03. The van der Waals surface area contributed by atoms with Crippen LogP contribution in [0.3, 0.4) is 0 Å². The number of guanidine groups is 1. The molecular weight excluding hydrogens is 86.0 g/mol. The van der Waals surface area contributed by atoms with Crippen molar-refractivity contribution in [3.05, 3.63) is 0 Å². The van der Waals surface area contributed by atoms with Gasteiger partial charge in [0.25, 0.3) is 0 Å². The van der Waals surface area contributed by atoms with Crippen molar-refractivity contribution in [1.29, 1.82) is 0 Å². The van der Waals surface area contributed by atoms with Crippen molar-refractivity contribution >= 4 is 5.96 Å². The van der Waals surface area contributed by atoms with Gasteiger partial charge in [-0.1, -0.05) is 5.16 Å². The summed E-state index contributed by atoms with van der Waals surface area (Å²) in [5, 5.41) is 9.84. The monoisotopic (exact) mass is 93.1 g/mol. The van der Waals surface area contributed by atoms with Gasteiger partial charge < -0.3 is 22.2 Å². The summed E-state index contributed by atoms with van der Waals surface area (Å²) in [5.74, 6) is -0.315. The molecule has 0 aliphatic rings. The fourth-order valence-corrected chi connectivity index (χ4v) is 0. The van der Waals surface area contributed by atoms with E-state index in [-0.39, 0.29) is 11.4 Å². The van der Waals surface area contributed by atoms with Crippen LogP contribution in [0.25, 0.3) is 0 Å². The lowest BCUT2D eigenvalue weighted by Crippen LogP contribution is -2.21. The smallest absolute Gasteiger partial charge is 0.228 e. The minimum atomic E-state index is -0.315. The Bertz CT molecular complexity index is 46.8. The van der Waals surface area contributed by atoms with Gasteiger partial charge in [-0.2, -0.15) is 0 Å². The molecule has 0 aliphatic heterocycles. The molecule has 0 aromatic rings. The average molecular weight is 93.1 g/mol. The first-order chi connectivity index (χ1) is 2.27. The van der Waals surface area contributed by atoms with E-state index in [0.29, 0.717) is 0 Å². The zero-order valence-corrected chi connectivity index (χ0v) is 3.05. The maximum atomic E-state index is 7.48. The molecule has 0 unspecified atom stereocenters. The van der Waals surface area contributed by atoms with Gasteiger partial charge in [-0.25, -0.2) is 0 Å². The maximum Gasteiger partial charge on any atom is 0.228 e. The van der Waals surface area contributed by atoms with E-state index in [1.54, 1.807) is 0 Å². The molecule has 7 N–H and O–H groups in total. The Labute approximate surface area is 34.5 Å². The first kappa shape index (κ1) is 8.90. The van der Waals surface area contributed by atoms with Gasteiger partial charge in [0, 0.05) is 0 Å². The van der Waals surface area contributed by atoms with Crippen molar-refractivity contribution in [3.63, 3.8) is 0 Å². The van der Waals surface area contributed by atoms with E-state index in [9.17, 15) is 0 Å². The molecule has 0 saturated carbocycles. The van der Waals surface area contributed by atoms with Crippen LogP contribution in [-0.2, 0) is 0 Å².